The smallest absolute Gasteiger partial charge is 0.332 e. The van der Waals surface area contributed by atoms with Crippen LogP contribution in [0.1, 0.15) is 26.3 Å². The number of carbonyl (C=O) groups excluding carboxylic acids is 1. The first-order valence-corrected chi connectivity index (χ1v) is 7.10. The van der Waals surface area contributed by atoms with Crippen LogP contribution in [0.5, 0.6) is 0 Å². The minimum absolute atomic E-state index is 0.0199. The van der Waals surface area contributed by atoms with Crippen molar-refractivity contribution in [2.75, 3.05) is 12.3 Å². The Morgan fingerprint density at radius 3 is 2.80 bits per heavy atom. The third kappa shape index (κ3) is 5.17. The molecule has 0 spiro atoms. The molecule has 1 aromatic rings. The van der Waals surface area contributed by atoms with Crippen molar-refractivity contribution in [3.05, 3.63) is 6.33 Å². The summed E-state index contributed by atoms with van der Waals surface area (Å²) in [6.07, 6.45) is 0.133. The Bertz CT molecular complexity index is 463. The van der Waals surface area contributed by atoms with Crippen molar-refractivity contribution in [2.24, 2.45) is 0 Å². The third-order valence-corrected chi connectivity index (χ3v) is 3.41. The van der Waals surface area contributed by atoms with Crippen LogP contribution in [0.3, 0.4) is 0 Å². The Morgan fingerprint density at radius 1 is 1.50 bits per heavy atom. The number of aliphatic hydroxyl groups is 1. The molecular weight excluding hydrogens is 284 g/mol. The lowest BCUT2D eigenvalue weighted by atomic mass is 10.2. The monoisotopic (exact) mass is 302 g/mol. The van der Waals surface area contributed by atoms with Crippen LogP contribution in [0.2, 0.25) is 0 Å². The van der Waals surface area contributed by atoms with Gasteiger partial charge >= 0.3 is 5.97 Å². The van der Waals surface area contributed by atoms with Crippen molar-refractivity contribution in [1.82, 2.24) is 20.1 Å². The Kier molecular flexibility index (Phi) is 6.46. The average molecular weight is 302 g/mol. The minimum Gasteiger partial charge on any atom is -0.479 e. The summed E-state index contributed by atoms with van der Waals surface area (Å²) in [5.41, 5.74) is 0. The highest BCUT2D eigenvalue weighted by Crippen LogP contribution is 2.18. The van der Waals surface area contributed by atoms with Crippen molar-refractivity contribution >= 4 is 23.6 Å². The number of carbonyl (C=O) groups is 2. The molecule has 20 heavy (non-hydrogen) atoms. The summed E-state index contributed by atoms with van der Waals surface area (Å²) in [5.74, 6) is -1.38. The molecule has 1 rings (SSSR count). The number of nitrogens with one attached hydrogen (secondary N) is 1. The lowest BCUT2D eigenvalue weighted by molar-refractivity contribution is -0.147. The van der Waals surface area contributed by atoms with Crippen LogP contribution in [0, 0.1) is 0 Å². The summed E-state index contributed by atoms with van der Waals surface area (Å²) >= 11 is 1.25. The Labute approximate surface area is 120 Å². The van der Waals surface area contributed by atoms with E-state index >= 15 is 0 Å². The fourth-order valence-corrected chi connectivity index (χ4v) is 2.22. The SMILES string of the molecule is CC(C)n1cnnc1SCC(=O)NCC[C@H](O)C(=O)O. The highest BCUT2D eigenvalue weighted by Gasteiger charge is 2.14. The van der Waals surface area contributed by atoms with Crippen molar-refractivity contribution in [1.29, 1.82) is 0 Å². The zero-order valence-corrected chi connectivity index (χ0v) is 12.1. The second-order valence-electron chi connectivity index (χ2n) is 4.40. The van der Waals surface area contributed by atoms with Gasteiger partial charge in [-0.3, -0.25) is 4.79 Å². The zero-order chi connectivity index (χ0) is 15.1. The molecule has 8 nitrogen and oxygen atoms in total. The molecule has 1 amide bonds. The van der Waals surface area contributed by atoms with Crippen molar-refractivity contribution in [2.45, 2.75) is 37.6 Å². The lowest BCUT2D eigenvalue weighted by Crippen LogP contribution is -2.31. The second kappa shape index (κ2) is 7.85. The van der Waals surface area contributed by atoms with E-state index in [1.165, 1.54) is 11.8 Å². The van der Waals surface area contributed by atoms with Crippen molar-refractivity contribution < 1.29 is 19.8 Å². The highest BCUT2D eigenvalue weighted by molar-refractivity contribution is 7.99. The normalized spacial score (nSPS) is 12.4. The van der Waals surface area contributed by atoms with Gasteiger partial charge < -0.3 is 20.1 Å². The zero-order valence-electron chi connectivity index (χ0n) is 11.3. The third-order valence-electron chi connectivity index (χ3n) is 2.45. The molecule has 0 aromatic carbocycles. The van der Waals surface area contributed by atoms with E-state index in [0.29, 0.717) is 5.16 Å². The van der Waals surface area contributed by atoms with Crippen LogP contribution in [0.25, 0.3) is 0 Å². The van der Waals surface area contributed by atoms with E-state index in [1.807, 2.05) is 18.4 Å². The predicted octanol–water partition coefficient (Wildman–Crippen LogP) is -0.0971. The van der Waals surface area contributed by atoms with Gasteiger partial charge in [-0.05, 0) is 13.8 Å². The second-order valence-corrected chi connectivity index (χ2v) is 5.34. The summed E-state index contributed by atoms with van der Waals surface area (Å²) < 4.78 is 1.85. The summed E-state index contributed by atoms with van der Waals surface area (Å²) in [6.45, 7) is 4.09. The van der Waals surface area contributed by atoms with Gasteiger partial charge in [0.15, 0.2) is 11.3 Å². The number of aromatic nitrogens is 3. The van der Waals surface area contributed by atoms with Crippen molar-refractivity contribution in [3.8, 4) is 0 Å². The topological polar surface area (TPSA) is 117 Å². The number of carboxylic acids is 1. The standard InChI is InChI=1S/C11H18N4O4S/c1-7(2)15-6-13-14-11(15)20-5-9(17)12-4-3-8(16)10(18)19/h6-8,16H,3-5H2,1-2H3,(H,12,17)(H,18,19)/t8-/m0/s1. The number of nitrogens with zero attached hydrogens (tertiary/aromatic N) is 3. The summed E-state index contributed by atoms with van der Waals surface area (Å²) in [5, 5.41) is 28.4. The van der Waals surface area contributed by atoms with Gasteiger partial charge in [-0.1, -0.05) is 11.8 Å². The van der Waals surface area contributed by atoms with Crippen LogP contribution in [0.4, 0.5) is 0 Å². The number of thioether (sulfide) groups is 1. The summed E-state index contributed by atoms with van der Waals surface area (Å²) in [7, 11) is 0. The lowest BCUT2D eigenvalue weighted by Gasteiger charge is -2.10. The minimum atomic E-state index is -1.45. The van der Waals surface area contributed by atoms with E-state index in [9.17, 15) is 9.59 Å². The predicted molar refractivity (Wildman–Crippen MR) is 72.4 cm³/mol. The van der Waals surface area contributed by atoms with Gasteiger partial charge in [-0.2, -0.15) is 0 Å². The molecule has 0 aliphatic heterocycles. The molecule has 9 heteroatoms. The summed E-state index contributed by atoms with van der Waals surface area (Å²) in [6, 6.07) is 0.210. The maximum Gasteiger partial charge on any atom is 0.332 e. The number of amides is 1. The number of aliphatic hydroxyl groups excluding tert-OH is 1. The van der Waals surface area contributed by atoms with Crippen molar-refractivity contribution in [3.63, 3.8) is 0 Å². The number of hydrogen-bond donors (Lipinski definition) is 3. The first-order chi connectivity index (χ1) is 9.41. The van der Waals surface area contributed by atoms with E-state index in [2.05, 4.69) is 15.5 Å². The van der Waals surface area contributed by atoms with E-state index in [-0.39, 0.29) is 30.7 Å². The highest BCUT2D eigenvalue weighted by atomic mass is 32.2. The molecule has 0 aliphatic carbocycles. The van der Waals surface area contributed by atoms with Gasteiger partial charge in [-0.15, -0.1) is 10.2 Å². The molecule has 0 radical (unpaired) electrons. The fourth-order valence-electron chi connectivity index (χ4n) is 1.34. The van der Waals surface area contributed by atoms with E-state index in [1.54, 1.807) is 6.33 Å². The van der Waals surface area contributed by atoms with Gasteiger partial charge in [0.1, 0.15) is 6.33 Å². The first kappa shape index (κ1) is 16.4. The van der Waals surface area contributed by atoms with Gasteiger partial charge in [0.25, 0.3) is 0 Å². The molecular formula is C11H18N4O4S. The maximum absolute atomic E-state index is 11.6. The number of rotatable bonds is 8. The molecule has 3 N–H and O–H groups in total. The quantitative estimate of drug-likeness (QED) is 0.574. The molecule has 0 aliphatic rings. The van der Waals surface area contributed by atoms with Gasteiger partial charge in [0.2, 0.25) is 5.91 Å². The van der Waals surface area contributed by atoms with Gasteiger partial charge in [0.05, 0.1) is 5.75 Å². The molecule has 112 valence electrons. The largest absolute Gasteiger partial charge is 0.479 e. The molecule has 0 fully saturated rings. The Morgan fingerprint density at radius 2 is 2.20 bits per heavy atom. The molecule has 0 saturated heterocycles. The van der Waals surface area contributed by atoms with E-state index < -0.39 is 12.1 Å². The Hall–Kier alpha value is -1.61. The number of carboxylic acid groups (broad SMARTS) is 1. The van der Waals surface area contributed by atoms with Crippen LogP contribution in [-0.4, -0.2) is 55.3 Å². The molecule has 0 unspecified atom stereocenters. The first-order valence-electron chi connectivity index (χ1n) is 6.11. The molecule has 1 atom stereocenters. The average Bonchev–Trinajstić information content (AvgIpc) is 2.84. The fraction of sp³-hybridized carbons (Fsp3) is 0.636. The Balaban J connectivity index is 2.30. The van der Waals surface area contributed by atoms with Crippen LogP contribution >= 0.6 is 11.8 Å². The van der Waals surface area contributed by atoms with Gasteiger partial charge in [0, 0.05) is 19.0 Å². The maximum atomic E-state index is 11.6. The molecule has 1 aromatic heterocycles. The molecule has 1 heterocycles. The van der Waals surface area contributed by atoms with E-state index in [0.717, 1.165) is 0 Å². The van der Waals surface area contributed by atoms with Crippen LogP contribution in [-0.2, 0) is 9.59 Å². The molecule has 0 saturated carbocycles. The van der Waals surface area contributed by atoms with E-state index in [4.69, 9.17) is 10.2 Å². The molecule has 0 bridgehead atoms. The number of aliphatic carboxylic acids is 1. The van der Waals surface area contributed by atoms with Crippen LogP contribution in [0.15, 0.2) is 11.5 Å². The summed E-state index contributed by atoms with van der Waals surface area (Å²) in [4.78, 5) is 21.9. The number of hydrogen-bond acceptors (Lipinski definition) is 6. The van der Waals surface area contributed by atoms with Gasteiger partial charge in [-0.25, -0.2) is 4.79 Å². The van der Waals surface area contributed by atoms with Crippen LogP contribution < -0.4 is 5.32 Å².